The summed E-state index contributed by atoms with van der Waals surface area (Å²) in [5.74, 6) is 0.509. The first-order valence-corrected chi connectivity index (χ1v) is 7.78. The van der Waals surface area contributed by atoms with Crippen molar-refractivity contribution in [1.82, 2.24) is 15.6 Å². The van der Waals surface area contributed by atoms with Crippen molar-refractivity contribution in [2.75, 3.05) is 7.05 Å². The lowest BCUT2D eigenvalue weighted by molar-refractivity contribution is -0.140. The third-order valence-electron chi connectivity index (χ3n) is 3.05. The number of aliphatic imine (C=N–C) groups is 1. The van der Waals surface area contributed by atoms with E-state index in [4.69, 9.17) is 0 Å². The van der Waals surface area contributed by atoms with Gasteiger partial charge in [0.05, 0.1) is 6.54 Å². The number of aromatic nitrogens is 1. The second-order valence-electron chi connectivity index (χ2n) is 4.89. The lowest BCUT2D eigenvalue weighted by Crippen LogP contribution is -2.36. The number of thiazole rings is 1. The topological polar surface area (TPSA) is 49.3 Å². The van der Waals surface area contributed by atoms with E-state index in [0.29, 0.717) is 17.5 Å². The fourth-order valence-corrected chi connectivity index (χ4v) is 2.53. The smallest absolute Gasteiger partial charge is 0.352 e. The van der Waals surface area contributed by atoms with Crippen LogP contribution in [0.15, 0.2) is 34.6 Å². The van der Waals surface area contributed by atoms with E-state index in [1.807, 2.05) is 31.2 Å². The fraction of sp³-hybridized carbons (Fsp3) is 0.333. The highest BCUT2D eigenvalue weighted by Gasteiger charge is 2.33. The van der Waals surface area contributed by atoms with Gasteiger partial charge in [-0.2, -0.15) is 13.2 Å². The van der Waals surface area contributed by atoms with Gasteiger partial charge in [-0.25, -0.2) is 4.98 Å². The van der Waals surface area contributed by atoms with Crippen LogP contribution >= 0.6 is 35.3 Å². The molecule has 0 fully saturated rings. The number of halogens is 4. The molecule has 1 aromatic carbocycles. The standard InChI is InChI=1S/C15H17F3N4S.HI/c1-10-3-5-11(6-4-10)7-20-14(19-2)21-8-13-22-12(9-23-13)15(16,17)18;/h3-6,9H,7-8H2,1-2H3,(H2,19,20,21);1H. The quantitative estimate of drug-likeness (QED) is 0.404. The molecule has 0 amide bonds. The van der Waals surface area contributed by atoms with E-state index in [1.165, 1.54) is 5.56 Å². The van der Waals surface area contributed by atoms with Crippen molar-refractivity contribution < 1.29 is 13.2 Å². The summed E-state index contributed by atoms with van der Waals surface area (Å²) < 4.78 is 37.5. The molecule has 0 saturated carbocycles. The van der Waals surface area contributed by atoms with E-state index in [0.717, 1.165) is 22.3 Å². The number of aryl methyl sites for hydroxylation is 1. The molecule has 0 atom stereocenters. The zero-order valence-corrected chi connectivity index (χ0v) is 16.3. The Morgan fingerprint density at radius 2 is 1.79 bits per heavy atom. The summed E-state index contributed by atoms with van der Waals surface area (Å²) in [4.78, 5) is 7.60. The molecule has 0 unspecified atom stereocenters. The van der Waals surface area contributed by atoms with Crippen LogP contribution in [0.5, 0.6) is 0 Å². The van der Waals surface area contributed by atoms with Crippen LogP contribution in [0.4, 0.5) is 13.2 Å². The third kappa shape index (κ3) is 6.27. The average molecular weight is 470 g/mol. The van der Waals surface area contributed by atoms with Gasteiger partial charge in [0.2, 0.25) is 0 Å². The van der Waals surface area contributed by atoms with Gasteiger partial charge in [0.25, 0.3) is 0 Å². The van der Waals surface area contributed by atoms with Gasteiger partial charge in [0.1, 0.15) is 5.01 Å². The Morgan fingerprint density at radius 1 is 1.17 bits per heavy atom. The molecule has 9 heteroatoms. The zero-order valence-electron chi connectivity index (χ0n) is 13.1. The molecule has 0 bridgehead atoms. The molecule has 2 N–H and O–H groups in total. The number of alkyl halides is 3. The molecule has 0 spiro atoms. The van der Waals surface area contributed by atoms with Gasteiger partial charge in [-0.1, -0.05) is 29.8 Å². The van der Waals surface area contributed by atoms with Crippen molar-refractivity contribution in [3.63, 3.8) is 0 Å². The lowest BCUT2D eigenvalue weighted by atomic mass is 10.1. The molecule has 0 radical (unpaired) electrons. The lowest BCUT2D eigenvalue weighted by Gasteiger charge is -2.11. The maximum Gasteiger partial charge on any atom is 0.434 e. The van der Waals surface area contributed by atoms with Crippen LogP contribution < -0.4 is 10.6 Å². The molecule has 24 heavy (non-hydrogen) atoms. The normalized spacial score (nSPS) is 11.8. The molecule has 0 saturated heterocycles. The number of nitrogens with one attached hydrogen (secondary N) is 2. The van der Waals surface area contributed by atoms with Gasteiger partial charge >= 0.3 is 6.18 Å². The van der Waals surface area contributed by atoms with E-state index >= 15 is 0 Å². The molecule has 1 heterocycles. The summed E-state index contributed by atoms with van der Waals surface area (Å²) in [7, 11) is 1.60. The van der Waals surface area contributed by atoms with Crippen LogP contribution in [0.1, 0.15) is 21.8 Å². The molecule has 132 valence electrons. The van der Waals surface area contributed by atoms with Crippen LogP contribution in [0.25, 0.3) is 0 Å². The molecule has 2 aromatic rings. The van der Waals surface area contributed by atoms with Gasteiger partial charge in [-0.3, -0.25) is 4.99 Å². The van der Waals surface area contributed by atoms with Crippen LogP contribution in [0.2, 0.25) is 0 Å². The third-order valence-corrected chi connectivity index (χ3v) is 3.90. The maximum absolute atomic E-state index is 12.5. The van der Waals surface area contributed by atoms with E-state index in [2.05, 4.69) is 20.6 Å². The van der Waals surface area contributed by atoms with Crippen molar-refractivity contribution in [2.45, 2.75) is 26.2 Å². The van der Waals surface area contributed by atoms with Gasteiger partial charge in [-0.05, 0) is 12.5 Å². The summed E-state index contributed by atoms with van der Waals surface area (Å²) in [5.41, 5.74) is 1.41. The monoisotopic (exact) mass is 470 g/mol. The van der Waals surface area contributed by atoms with Crippen molar-refractivity contribution in [3.8, 4) is 0 Å². The first-order valence-electron chi connectivity index (χ1n) is 6.90. The van der Waals surface area contributed by atoms with Crippen LogP contribution in [-0.2, 0) is 19.3 Å². The molecule has 0 aliphatic rings. The second kappa shape index (κ2) is 9.21. The Morgan fingerprint density at radius 3 is 2.33 bits per heavy atom. The summed E-state index contributed by atoms with van der Waals surface area (Å²) in [6.07, 6.45) is -4.40. The highest BCUT2D eigenvalue weighted by atomic mass is 127. The number of benzene rings is 1. The van der Waals surface area contributed by atoms with Crippen molar-refractivity contribution >= 4 is 41.3 Å². The summed E-state index contributed by atoms with van der Waals surface area (Å²) in [5, 5.41) is 7.43. The molecule has 4 nitrogen and oxygen atoms in total. The second-order valence-corrected chi connectivity index (χ2v) is 5.83. The molecular formula is C15H18F3IN4S. The Kier molecular flexibility index (Phi) is 7.94. The molecule has 0 aliphatic heterocycles. The Labute approximate surface area is 159 Å². The minimum Gasteiger partial charge on any atom is -0.352 e. The van der Waals surface area contributed by atoms with Crippen molar-refractivity contribution in [2.24, 2.45) is 4.99 Å². The fourth-order valence-electron chi connectivity index (χ4n) is 1.79. The van der Waals surface area contributed by atoms with Gasteiger partial charge in [0, 0.05) is 19.0 Å². The Hall–Kier alpha value is -1.36. The van der Waals surface area contributed by atoms with Gasteiger partial charge in [-0.15, -0.1) is 35.3 Å². The molecule has 2 rings (SSSR count). The largest absolute Gasteiger partial charge is 0.434 e. The Balaban J connectivity index is 0.00000288. The minimum atomic E-state index is -4.40. The van der Waals surface area contributed by atoms with Gasteiger partial charge < -0.3 is 10.6 Å². The summed E-state index contributed by atoms with van der Waals surface area (Å²) >= 11 is 0.969. The number of guanidine groups is 1. The highest BCUT2D eigenvalue weighted by molar-refractivity contribution is 14.0. The number of rotatable bonds is 4. The van der Waals surface area contributed by atoms with E-state index in [-0.39, 0.29) is 30.5 Å². The van der Waals surface area contributed by atoms with E-state index in [1.54, 1.807) is 7.05 Å². The van der Waals surface area contributed by atoms with Crippen LogP contribution in [-0.4, -0.2) is 18.0 Å². The maximum atomic E-state index is 12.5. The van der Waals surface area contributed by atoms with Crippen molar-refractivity contribution in [3.05, 3.63) is 51.5 Å². The summed E-state index contributed by atoms with van der Waals surface area (Å²) in [6.45, 7) is 2.78. The van der Waals surface area contributed by atoms with E-state index in [9.17, 15) is 13.2 Å². The highest BCUT2D eigenvalue weighted by Crippen LogP contribution is 2.29. The first kappa shape index (κ1) is 20.7. The molecule has 1 aromatic heterocycles. The predicted molar refractivity (Wildman–Crippen MR) is 101 cm³/mol. The minimum absolute atomic E-state index is 0. The van der Waals surface area contributed by atoms with Crippen LogP contribution in [0.3, 0.4) is 0 Å². The SMILES string of the molecule is CN=C(NCc1ccc(C)cc1)NCc1nc(C(F)(F)F)cs1.I. The van der Waals surface area contributed by atoms with Crippen LogP contribution in [0, 0.1) is 6.92 Å². The zero-order chi connectivity index (χ0) is 16.9. The summed E-state index contributed by atoms with van der Waals surface area (Å²) in [6, 6.07) is 8.04. The number of nitrogens with zero attached hydrogens (tertiary/aromatic N) is 2. The number of hydrogen-bond donors (Lipinski definition) is 2. The average Bonchev–Trinajstić information content (AvgIpc) is 2.98. The van der Waals surface area contributed by atoms with E-state index < -0.39 is 11.9 Å². The number of hydrogen-bond acceptors (Lipinski definition) is 3. The molecular weight excluding hydrogens is 452 g/mol. The predicted octanol–water partition coefficient (Wildman–Crippen LogP) is 3.95. The van der Waals surface area contributed by atoms with Gasteiger partial charge in [0.15, 0.2) is 11.7 Å². The van der Waals surface area contributed by atoms with Crippen molar-refractivity contribution in [1.29, 1.82) is 0 Å². The first-order chi connectivity index (χ1) is 10.9. The Bertz CT molecular complexity index is 668. The molecule has 0 aliphatic carbocycles.